The quantitative estimate of drug-likeness (QED) is 0.774. The smallest absolute Gasteiger partial charge is 0.0945 e. The average molecular weight is 295 g/mol. The van der Waals surface area contributed by atoms with Crippen molar-refractivity contribution in [3.63, 3.8) is 0 Å². The number of benzene rings is 1. The van der Waals surface area contributed by atoms with E-state index in [1.54, 1.807) is 7.11 Å². The third-order valence-electron chi connectivity index (χ3n) is 3.27. The van der Waals surface area contributed by atoms with Crippen molar-refractivity contribution in [3.8, 4) is 0 Å². The van der Waals surface area contributed by atoms with E-state index in [0.717, 1.165) is 5.69 Å². The second-order valence-electron chi connectivity index (χ2n) is 6.46. The van der Waals surface area contributed by atoms with E-state index >= 15 is 0 Å². The standard InChI is InChI=1S/C17H29NO3/c1-13(11-20-5)21-12-16(19)10-18-15-8-6-14(7-9-15)17(2,3)4/h6-9,13,16,18-19H,10-12H2,1-5H3. The molecule has 1 aromatic rings. The molecule has 0 spiro atoms. The molecule has 0 amide bonds. The highest BCUT2D eigenvalue weighted by atomic mass is 16.5. The Balaban J connectivity index is 2.34. The first-order valence-corrected chi connectivity index (χ1v) is 7.46. The molecule has 0 aliphatic carbocycles. The summed E-state index contributed by atoms with van der Waals surface area (Å²) in [5, 5.41) is 13.1. The summed E-state index contributed by atoms with van der Waals surface area (Å²) in [5.74, 6) is 0. The van der Waals surface area contributed by atoms with Crippen molar-refractivity contribution in [2.75, 3.05) is 32.2 Å². The molecule has 0 radical (unpaired) electrons. The molecule has 0 heterocycles. The first-order valence-electron chi connectivity index (χ1n) is 7.46. The van der Waals surface area contributed by atoms with Gasteiger partial charge in [-0.1, -0.05) is 32.9 Å². The Bertz CT molecular complexity index is 397. The van der Waals surface area contributed by atoms with Gasteiger partial charge in [-0.05, 0) is 30.0 Å². The third kappa shape index (κ3) is 6.93. The second kappa shape index (κ2) is 8.37. The van der Waals surface area contributed by atoms with Crippen molar-refractivity contribution in [1.82, 2.24) is 0 Å². The van der Waals surface area contributed by atoms with Gasteiger partial charge >= 0.3 is 0 Å². The molecule has 21 heavy (non-hydrogen) atoms. The number of hydrogen-bond donors (Lipinski definition) is 2. The van der Waals surface area contributed by atoms with Crippen LogP contribution in [0.15, 0.2) is 24.3 Å². The third-order valence-corrected chi connectivity index (χ3v) is 3.27. The summed E-state index contributed by atoms with van der Waals surface area (Å²) in [6, 6.07) is 8.32. The summed E-state index contributed by atoms with van der Waals surface area (Å²) in [5.41, 5.74) is 2.46. The molecule has 2 N–H and O–H groups in total. The zero-order valence-corrected chi connectivity index (χ0v) is 13.8. The Morgan fingerprint density at radius 1 is 1.14 bits per heavy atom. The van der Waals surface area contributed by atoms with Gasteiger partial charge < -0.3 is 19.9 Å². The number of rotatable bonds is 8. The Kier molecular flexibility index (Phi) is 7.15. The van der Waals surface area contributed by atoms with E-state index in [4.69, 9.17) is 9.47 Å². The fraction of sp³-hybridized carbons (Fsp3) is 0.647. The van der Waals surface area contributed by atoms with Crippen LogP contribution < -0.4 is 5.32 Å². The van der Waals surface area contributed by atoms with Gasteiger partial charge in [-0.2, -0.15) is 0 Å². The minimum Gasteiger partial charge on any atom is -0.389 e. The summed E-state index contributed by atoms with van der Waals surface area (Å²) in [7, 11) is 1.64. The van der Waals surface area contributed by atoms with Crippen LogP contribution in [0.4, 0.5) is 5.69 Å². The molecule has 1 aromatic carbocycles. The topological polar surface area (TPSA) is 50.7 Å². The molecule has 0 saturated carbocycles. The molecular formula is C17H29NO3. The molecule has 4 nitrogen and oxygen atoms in total. The van der Waals surface area contributed by atoms with Crippen LogP contribution in [0.25, 0.3) is 0 Å². The Labute approximate surface area is 128 Å². The lowest BCUT2D eigenvalue weighted by Crippen LogP contribution is -2.28. The zero-order chi connectivity index (χ0) is 15.9. The monoisotopic (exact) mass is 295 g/mol. The summed E-state index contributed by atoms with van der Waals surface area (Å²) in [6.07, 6.45) is -0.540. The maximum absolute atomic E-state index is 9.88. The first-order chi connectivity index (χ1) is 9.82. The number of aliphatic hydroxyl groups is 1. The fourth-order valence-electron chi connectivity index (χ4n) is 1.94. The molecule has 2 unspecified atom stereocenters. The van der Waals surface area contributed by atoms with Gasteiger partial charge in [-0.25, -0.2) is 0 Å². The van der Waals surface area contributed by atoms with Gasteiger partial charge in [0.2, 0.25) is 0 Å². The van der Waals surface area contributed by atoms with Crippen molar-refractivity contribution in [2.24, 2.45) is 0 Å². The Morgan fingerprint density at radius 3 is 2.29 bits per heavy atom. The molecule has 0 fully saturated rings. The van der Waals surface area contributed by atoms with Crippen LogP contribution in [0.2, 0.25) is 0 Å². The number of hydrogen-bond acceptors (Lipinski definition) is 4. The van der Waals surface area contributed by atoms with Crippen LogP contribution in [-0.2, 0) is 14.9 Å². The first kappa shape index (κ1) is 18.0. The second-order valence-corrected chi connectivity index (χ2v) is 6.46. The molecule has 0 aromatic heterocycles. The normalized spacial score (nSPS) is 14.8. The molecule has 4 heteroatoms. The van der Waals surface area contributed by atoms with Crippen LogP contribution in [0.5, 0.6) is 0 Å². The van der Waals surface area contributed by atoms with Crippen molar-refractivity contribution in [2.45, 2.75) is 45.3 Å². The lowest BCUT2D eigenvalue weighted by Gasteiger charge is -2.20. The lowest BCUT2D eigenvalue weighted by molar-refractivity contribution is -0.0282. The highest BCUT2D eigenvalue weighted by Gasteiger charge is 2.13. The number of anilines is 1. The van der Waals surface area contributed by atoms with Gasteiger partial charge in [0.1, 0.15) is 0 Å². The van der Waals surface area contributed by atoms with Crippen LogP contribution in [0.3, 0.4) is 0 Å². The SMILES string of the molecule is COCC(C)OCC(O)CNc1ccc(C(C)(C)C)cc1. The van der Waals surface area contributed by atoms with Gasteiger partial charge in [0.05, 0.1) is 25.4 Å². The van der Waals surface area contributed by atoms with Crippen molar-refractivity contribution >= 4 is 5.69 Å². The van der Waals surface area contributed by atoms with E-state index in [9.17, 15) is 5.11 Å². The Morgan fingerprint density at radius 2 is 1.76 bits per heavy atom. The molecule has 0 aliphatic heterocycles. The number of nitrogens with one attached hydrogen (secondary N) is 1. The molecule has 0 saturated heterocycles. The van der Waals surface area contributed by atoms with E-state index in [1.165, 1.54) is 5.56 Å². The van der Waals surface area contributed by atoms with E-state index in [-0.39, 0.29) is 11.5 Å². The highest BCUT2D eigenvalue weighted by Crippen LogP contribution is 2.23. The van der Waals surface area contributed by atoms with Crippen LogP contribution in [0, 0.1) is 0 Å². The number of methoxy groups -OCH3 is 1. The summed E-state index contributed by atoms with van der Waals surface area (Å²) < 4.78 is 10.5. The van der Waals surface area contributed by atoms with Crippen LogP contribution >= 0.6 is 0 Å². The van der Waals surface area contributed by atoms with Gasteiger partial charge in [0.15, 0.2) is 0 Å². The molecule has 0 aliphatic rings. The van der Waals surface area contributed by atoms with Crippen molar-refractivity contribution < 1.29 is 14.6 Å². The van der Waals surface area contributed by atoms with Gasteiger partial charge in [-0.3, -0.25) is 0 Å². The molecule has 120 valence electrons. The lowest BCUT2D eigenvalue weighted by atomic mass is 9.87. The Hall–Kier alpha value is -1.10. The predicted molar refractivity (Wildman–Crippen MR) is 86.9 cm³/mol. The summed E-state index contributed by atoms with van der Waals surface area (Å²) in [6.45, 7) is 9.81. The molecule has 2 atom stereocenters. The average Bonchev–Trinajstić information content (AvgIpc) is 2.43. The van der Waals surface area contributed by atoms with Crippen LogP contribution in [0.1, 0.15) is 33.3 Å². The summed E-state index contributed by atoms with van der Waals surface area (Å²) >= 11 is 0. The largest absolute Gasteiger partial charge is 0.389 e. The van der Waals surface area contributed by atoms with Gasteiger partial charge in [-0.15, -0.1) is 0 Å². The molecular weight excluding hydrogens is 266 g/mol. The van der Waals surface area contributed by atoms with Crippen LogP contribution in [-0.4, -0.2) is 44.2 Å². The van der Waals surface area contributed by atoms with E-state index < -0.39 is 6.10 Å². The minimum atomic E-state index is -0.536. The fourth-order valence-corrected chi connectivity index (χ4v) is 1.94. The predicted octanol–water partition coefficient (Wildman–Crippen LogP) is 2.81. The van der Waals surface area contributed by atoms with E-state index in [1.807, 2.05) is 19.1 Å². The number of aliphatic hydroxyl groups excluding tert-OH is 1. The summed E-state index contributed by atoms with van der Waals surface area (Å²) in [4.78, 5) is 0. The highest BCUT2D eigenvalue weighted by molar-refractivity contribution is 5.45. The maximum atomic E-state index is 9.88. The van der Waals surface area contributed by atoms with E-state index in [2.05, 4.69) is 38.2 Å². The van der Waals surface area contributed by atoms with Crippen molar-refractivity contribution in [1.29, 1.82) is 0 Å². The minimum absolute atomic E-state index is 0.00396. The van der Waals surface area contributed by atoms with Crippen molar-refractivity contribution in [3.05, 3.63) is 29.8 Å². The number of ether oxygens (including phenoxy) is 2. The van der Waals surface area contributed by atoms with E-state index in [0.29, 0.717) is 19.8 Å². The molecule has 1 rings (SSSR count). The molecule has 0 bridgehead atoms. The van der Waals surface area contributed by atoms with Gasteiger partial charge in [0.25, 0.3) is 0 Å². The zero-order valence-electron chi connectivity index (χ0n) is 13.8. The van der Waals surface area contributed by atoms with Gasteiger partial charge in [0, 0.05) is 19.3 Å². The maximum Gasteiger partial charge on any atom is 0.0945 e.